The van der Waals surface area contributed by atoms with Gasteiger partial charge in [0, 0.05) is 0 Å². The molecule has 0 saturated heterocycles. The molecule has 2 atom stereocenters. The normalized spacial score (nSPS) is 29.7. The second-order valence-electron chi connectivity index (χ2n) is 3.83. The minimum absolute atomic E-state index is 0.220. The van der Waals surface area contributed by atoms with Crippen molar-refractivity contribution in [3.63, 3.8) is 0 Å². The number of nitrogens with zero attached hydrogens (tertiary/aromatic N) is 8. The first kappa shape index (κ1) is 10.6. The van der Waals surface area contributed by atoms with Crippen LogP contribution in [0.15, 0.2) is 39.9 Å². The summed E-state index contributed by atoms with van der Waals surface area (Å²) in [7, 11) is 0. The zero-order valence-corrected chi connectivity index (χ0v) is 10.3. The quantitative estimate of drug-likeness (QED) is 0.618. The van der Waals surface area contributed by atoms with Gasteiger partial charge in [-0.05, 0) is 0 Å². The van der Waals surface area contributed by atoms with Crippen LogP contribution >= 0.6 is 11.8 Å². The summed E-state index contributed by atoms with van der Waals surface area (Å²) in [5, 5.41) is 1.58. The fourth-order valence-electron chi connectivity index (χ4n) is 1.85. The van der Waals surface area contributed by atoms with Gasteiger partial charge in [0.05, 0.1) is 0 Å². The third kappa shape index (κ3) is 1.70. The summed E-state index contributed by atoms with van der Waals surface area (Å²) in [6.45, 7) is 0. The lowest BCUT2D eigenvalue weighted by molar-refractivity contribution is 1.15. The van der Waals surface area contributed by atoms with Crippen LogP contribution in [0.1, 0.15) is 0 Å². The first-order valence-electron chi connectivity index (χ1n) is 5.49. The highest BCUT2D eigenvalue weighted by molar-refractivity contribution is 8.27. The van der Waals surface area contributed by atoms with Crippen molar-refractivity contribution in [3.8, 4) is 0 Å². The van der Waals surface area contributed by atoms with Crippen LogP contribution in [0.3, 0.4) is 0 Å². The largest absolute Gasteiger partial charge is 0.255 e. The Morgan fingerprint density at radius 3 is 1.74 bits per heavy atom. The minimum atomic E-state index is -0.220. The molecule has 0 aromatic rings. The molecule has 0 bridgehead atoms. The topological polar surface area (TPSA) is 98.9 Å². The van der Waals surface area contributed by atoms with Gasteiger partial charge in [0.2, 0.25) is 0 Å². The molecule has 92 valence electrons. The van der Waals surface area contributed by atoms with Crippen LogP contribution in [-0.2, 0) is 0 Å². The maximum Gasteiger partial charge on any atom is 0.163 e. The Morgan fingerprint density at radius 2 is 1.21 bits per heavy atom. The summed E-state index contributed by atoms with van der Waals surface area (Å²) in [5.74, 6) is 1.32. The van der Waals surface area contributed by atoms with E-state index in [4.69, 9.17) is 0 Å². The molecule has 4 rings (SSSR count). The van der Waals surface area contributed by atoms with E-state index >= 15 is 0 Å². The Labute approximate surface area is 111 Å². The summed E-state index contributed by atoms with van der Waals surface area (Å²) in [4.78, 5) is 33.3. The molecular weight excluding hydrogens is 264 g/mol. The number of aliphatic imine (C=N–C) groups is 8. The lowest BCUT2D eigenvalue weighted by Crippen LogP contribution is -2.31. The number of rotatable bonds is 0. The summed E-state index contributed by atoms with van der Waals surface area (Å²) < 4.78 is 0. The third-order valence-corrected chi connectivity index (χ3v) is 3.80. The van der Waals surface area contributed by atoms with Gasteiger partial charge < -0.3 is 0 Å². The molecular formula is C10H6N8S. The smallest absolute Gasteiger partial charge is 0.163 e. The maximum absolute atomic E-state index is 4.26. The molecule has 4 heterocycles. The lowest BCUT2D eigenvalue weighted by atomic mass is 10.3. The minimum Gasteiger partial charge on any atom is -0.255 e. The zero-order chi connectivity index (χ0) is 12.7. The molecule has 2 unspecified atom stereocenters. The molecule has 4 aliphatic rings. The Kier molecular flexibility index (Phi) is 2.30. The first-order chi connectivity index (χ1) is 9.42. The highest BCUT2D eigenvalue weighted by atomic mass is 32.2. The van der Waals surface area contributed by atoms with Gasteiger partial charge in [-0.25, -0.2) is 30.0 Å². The molecule has 0 aliphatic carbocycles. The van der Waals surface area contributed by atoms with Crippen LogP contribution in [0.2, 0.25) is 0 Å². The number of fused-ring (bicyclic) bond motifs is 2. The molecule has 0 aromatic heterocycles. The number of amidine groups is 2. The SMILES string of the molecule is C1=NC2=NC=NC2C(SC2=NC=NC3=NC=NC32)=N1. The number of thioether (sulfide) groups is 1. The zero-order valence-electron chi connectivity index (χ0n) is 9.45. The van der Waals surface area contributed by atoms with E-state index in [1.54, 1.807) is 0 Å². The Bertz CT molecular complexity index is 620. The average molecular weight is 270 g/mol. The van der Waals surface area contributed by atoms with Gasteiger partial charge in [-0.2, -0.15) is 0 Å². The Hall–Kier alpha value is -2.29. The van der Waals surface area contributed by atoms with Crippen LogP contribution in [0, 0.1) is 0 Å². The van der Waals surface area contributed by atoms with Crippen LogP contribution in [0.4, 0.5) is 0 Å². The van der Waals surface area contributed by atoms with Crippen molar-refractivity contribution in [3.05, 3.63) is 0 Å². The Morgan fingerprint density at radius 1 is 0.684 bits per heavy atom. The molecule has 0 N–H and O–H groups in total. The van der Waals surface area contributed by atoms with Crippen molar-refractivity contribution in [2.24, 2.45) is 39.9 Å². The van der Waals surface area contributed by atoms with E-state index in [1.807, 2.05) is 0 Å². The number of hydrogen-bond donors (Lipinski definition) is 0. The van der Waals surface area contributed by atoms with E-state index in [0.29, 0.717) is 11.7 Å². The fourth-order valence-corrected chi connectivity index (χ4v) is 2.82. The Balaban J connectivity index is 1.62. The predicted octanol–water partition coefficient (Wildman–Crippen LogP) is 0.218. The predicted molar refractivity (Wildman–Crippen MR) is 78.9 cm³/mol. The molecule has 0 radical (unpaired) electrons. The van der Waals surface area contributed by atoms with E-state index < -0.39 is 0 Å². The van der Waals surface area contributed by atoms with Crippen molar-refractivity contribution in [1.29, 1.82) is 0 Å². The maximum atomic E-state index is 4.26. The number of hydrogen-bond acceptors (Lipinski definition) is 9. The molecule has 19 heavy (non-hydrogen) atoms. The molecule has 0 fully saturated rings. The second kappa shape index (κ2) is 4.12. The van der Waals surface area contributed by atoms with Gasteiger partial charge in [0.15, 0.2) is 23.8 Å². The first-order valence-corrected chi connectivity index (χ1v) is 6.30. The van der Waals surface area contributed by atoms with Crippen molar-refractivity contribution >= 4 is 58.9 Å². The van der Waals surface area contributed by atoms with Gasteiger partial charge in [-0.1, -0.05) is 11.8 Å². The summed E-state index contributed by atoms with van der Waals surface area (Å²) in [6.07, 6.45) is 5.97. The van der Waals surface area contributed by atoms with Gasteiger partial charge in [-0.15, -0.1) is 0 Å². The molecule has 0 aromatic carbocycles. The summed E-state index contributed by atoms with van der Waals surface area (Å²) in [5.41, 5.74) is 0. The van der Waals surface area contributed by atoms with Gasteiger partial charge in [0.1, 0.15) is 35.4 Å². The van der Waals surface area contributed by atoms with E-state index in [-0.39, 0.29) is 12.1 Å². The van der Waals surface area contributed by atoms with E-state index in [1.165, 1.54) is 37.1 Å². The van der Waals surface area contributed by atoms with Gasteiger partial charge in [0.25, 0.3) is 0 Å². The third-order valence-electron chi connectivity index (χ3n) is 2.73. The van der Waals surface area contributed by atoms with Crippen molar-refractivity contribution in [1.82, 2.24) is 0 Å². The molecule has 4 aliphatic heterocycles. The fraction of sp³-hybridized carbons (Fsp3) is 0.200. The summed E-state index contributed by atoms with van der Waals surface area (Å²) in [6, 6.07) is -0.440. The monoisotopic (exact) mass is 270 g/mol. The highest BCUT2D eigenvalue weighted by Gasteiger charge is 2.33. The van der Waals surface area contributed by atoms with Crippen LogP contribution in [-0.4, -0.2) is 59.2 Å². The molecule has 0 saturated carbocycles. The molecule has 0 amide bonds. The van der Waals surface area contributed by atoms with Crippen molar-refractivity contribution < 1.29 is 0 Å². The van der Waals surface area contributed by atoms with E-state index in [9.17, 15) is 0 Å². The lowest BCUT2D eigenvalue weighted by Gasteiger charge is -2.17. The molecule has 9 heteroatoms. The molecule has 0 spiro atoms. The standard InChI is InChI=1S/C10H6N8S/c1-11-5-7(13-1)15-3-17-9(5)19-10-6-8(14-2-12-6)16-4-18-10/h1-6H. The van der Waals surface area contributed by atoms with Crippen LogP contribution in [0.5, 0.6) is 0 Å². The average Bonchev–Trinajstić information content (AvgIpc) is 3.08. The van der Waals surface area contributed by atoms with E-state index in [0.717, 1.165) is 10.1 Å². The van der Waals surface area contributed by atoms with Gasteiger partial charge in [-0.3, -0.25) is 9.98 Å². The second-order valence-corrected chi connectivity index (χ2v) is 4.88. The van der Waals surface area contributed by atoms with Crippen LogP contribution < -0.4 is 0 Å². The highest BCUT2D eigenvalue weighted by Crippen LogP contribution is 2.24. The summed E-state index contributed by atoms with van der Waals surface area (Å²) >= 11 is 1.42. The van der Waals surface area contributed by atoms with Crippen molar-refractivity contribution in [2.75, 3.05) is 0 Å². The van der Waals surface area contributed by atoms with Crippen molar-refractivity contribution in [2.45, 2.75) is 12.1 Å². The van der Waals surface area contributed by atoms with Gasteiger partial charge >= 0.3 is 0 Å². The molecule has 8 nitrogen and oxygen atoms in total. The van der Waals surface area contributed by atoms with Crippen LogP contribution in [0.25, 0.3) is 0 Å². The van der Waals surface area contributed by atoms with E-state index in [2.05, 4.69) is 39.9 Å².